The van der Waals surface area contributed by atoms with E-state index in [0.29, 0.717) is 11.4 Å². The van der Waals surface area contributed by atoms with Crippen LogP contribution in [-0.4, -0.2) is 34.5 Å². The van der Waals surface area contributed by atoms with Crippen LogP contribution in [0.4, 0.5) is 5.82 Å². The predicted molar refractivity (Wildman–Crippen MR) is 135 cm³/mol. The number of carbonyl (C=O) groups is 2. The molecule has 0 aliphatic rings. The van der Waals surface area contributed by atoms with Gasteiger partial charge in [0.2, 0.25) is 5.91 Å². The van der Waals surface area contributed by atoms with Crippen molar-refractivity contribution in [2.24, 2.45) is 0 Å². The number of esters is 1. The number of ether oxygens (including phenoxy) is 1. The Bertz CT molecular complexity index is 661. The van der Waals surface area contributed by atoms with E-state index in [1.165, 1.54) is 93.5 Å². The van der Waals surface area contributed by atoms with E-state index in [0.717, 1.165) is 19.3 Å². The van der Waals surface area contributed by atoms with Crippen LogP contribution in [0.5, 0.6) is 0 Å². The van der Waals surface area contributed by atoms with Crippen molar-refractivity contribution in [2.45, 2.75) is 122 Å². The Kier molecular flexibility index (Phi) is 16.0. The van der Waals surface area contributed by atoms with Gasteiger partial charge in [0.25, 0.3) is 0 Å². The molecular weight excluding hydrogens is 422 g/mol. The number of anilines is 1. The lowest BCUT2D eigenvalue weighted by Crippen LogP contribution is -2.16. The van der Waals surface area contributed by atoms with Crippen LogP contribution >= 0.6 is 11.8 Å². The Morgan fingerprint density at radius 2 is 1.31 bits per heavy atom. The number of aromatic nitrogens is 2. The molecule has 0 aromatic carbocycles. The van der Waals surface area contributed by atoms with Crippen molar-refractivity contribution in [2.75, 3.05) is 18.6 Å². The minimum absolute atomic E-state index is 0.0822. The van der Waals surface area contributed by atoms with Crippen LogP contribution in [0.2, 0.25) is 0 Å². The minimum Gasteiger partial charge on any atom is -0.462 e. The van der Waals surface area contributed by atoms with Crippen LogP contribution in [0.25, 0.3) is 0 Å². The smallest absolute Gasteiger partial charge is 0.344 e. The first-order valence-corrected chi connectivity index (χ1v) is 13.9. The number of nitrogens with zero attached hydrogens (tertiary/aromatic N) is 2. The van der Waals surface area contributed by atoms with Crippen molar-refractivity contribution in [1.82, 2.24) is 9.78 Å². The third kappa shape index (κ3) is 10.9. The number of thioether (sulfide) groups is 1. The van der Waals surface area contributed by atoms with Gasteiger partial charge in [-0.05, 0) is 19.6 Å². The molecule has 0 aliphatic heterocycles. The van der Waals surface area contributed by atoms with E-state index in [2.05, 4.69) is 12.0 Å². The first-order chi connectivity index (χ1) is 15.6. The second-order valence-corrected chi connectivity index (χ2v) is 9.29. The first-order valence-electron chi connectivity index (χ1n) is 12.7. The molecule has 0 saturated carbocycles. The number of carbonyl (C=O) groups excluding carboxylic acids is 2. The summed E-state index contributed by atoms with van der Waals surface area (Å²) in [4.78, 5) is 24.6. The fraction of sp³-hybridized carbons (Fsp3) is 0.800. The van der Waals surface area contributed by atoms with E-state index in [4.69, 9.17) is 10.5 Å². The molecule has 7 heteroatoms. The molecule has 0 radical (unpaired) electrons. The minimum atomic E-state index is -0.527. The Morgan fingerprint density at radius 1 is 0.844 bits per heavy atom. The van der Waals surface area contributed by atoms with E-state index in [-0.39, 0.29) is 23.9 Å². The van der Waals surface area contributed by atoms with E-state index >= 15 is 0 Å². The molecule has 0 spiro atoms. The molecule has 0 atom stereocenters. The molecule has 0 saturated heterocycles. The third-order valence-electron chi connectivity index (χ3n) is 5.79. The number of nitrogens with two attached hydrogens (primary N) is 1. The van der Waals surface area contributed by atoms with Gasteiger partial charge in [0.1, 0.15) is 16.4 Å². The maximum absolute atomic E-state index is 12.5. The summed E-state index contributed by atoms with van der Waals surface area (Å²) < 4.78 is 6.21. The number of unbranched alkanes of at least 4 members (excludes halogenated alkanes) is 14. The van der Waals surface area contributed by atoms with E-state index < -0.39 is 5.97 Å². The topological polar surface area (TPSA) is 87.2 Å². The third-order valence-corrected chi connectivity index (χ3v) is 6.46. The van der Waals surface area contributed by atoms with E-state index in [1.807, 2.05) is 0 Å². The fourth-order valence-electron chi connectivity index (χ4n) is 3.89. The van der Waals surface area contributed by atoms with Crippen LogP contribution < -0.4 is 5.73 Å². The number of rotatable bonds is 19. The van der Waals surface area contributed by atoms with Crippen LogP contribution in [0, 0.1) is 0 Å². The average molecular weight is 468 g/mol. The lowest BCUT2D eigenvalue weighted by molar-refractivity contribution is 0.0523. The van der Waals surface area contributed by atoms with Gasteiger partial charge in [-0.3, -0.25) is 4.79 Å². The van der Waals surface area contributed by atoms with Crippen molar-refractivity contribution < 1.29 is 14.3 Å². The molecule has 0 bridgehead atoms. The summed E-state index contributed by atoms with van der Waals surface area (Å²) in [6.07, 6.45) is 21.5. The first kappa shape index (κ1) is 28.5. The number of nitrogen functional groups attached to an aromatic ring is 1. The van der Waals surface area contributed by atoms with Crippen LogP contribution in [0.1, 0.15) is 132 Å². The van der Waals surface area contributed by atoms with Gasteiger partial charge in [0.05, 0.1) is 6.61 Å². The van der Waals surface area contributed by atoms with E-state index in [1.54, 1.807) is 13.2 Å². The highest BCUT2D eigenvalue weighted by Gasteiger charge is 2.25. The van der Waals surface area contributed by atoms with Crippen molar-refractivity contribution in [3.63, 3.8) is 0 Å². The molecule has 1 rings (SSSR count). The molecular formula is C25H45N3O3S. The summed E-state index contributed by atoms with van der Waals surface area (Å²) >= 11 is 1.29. The Hall–Kier alpha value is -1.50. The van der Waals surface area contributed by atoms with Crippen molar-refractivity contribution in [1.29, 1.82) is 0 Å². The molecule has 1 aromatic heterocycles. The van der Waals surface area contributed by atoms with Crippen molar-refractivity contribution in [3.05, 3.63) is 5.56 Å². The Morgan fingerprint density at radius 3 is 1.75 bits per heavy atom. The summed E-state index contributed by atoms with van der Waals surface area (Å²) in [6.45, 7) is 4.26. The van der Waals surface area contributed by atoms with Gasteiger partial charge in [0, 0.05) is 6.42 Å². The molecule has 0 aliphatic carbocycles. The highest BCUT2D eigenvalue weighted by Crippen LogP contribution is 2.26. The molecule has 1 heterocycles. The van der Waals surface area contributed by atoms with Crippen LogP contribution in [-0.2, 0) is 4.74 Å². The Labute approximate surface area is 199 Å². The predicted octanol–water partition coefficient (Wildman–Crippen LogP) is 7.27. The molecule has 184 valence electrons. The lowest BCUT2D eigenvalue weighted by Gasteiger charge is -2.05. The molecule has 32 heavy (non-hydrogen) atoms. The summed E-state index contributed by atoms with van der Waals surface area (Å²) in [7, 11) is 0. The summed E-state index contributed by atoms with van der Waals surface area (Å²) in [5, 5.41) is 4.66. The van der Waals surface area contributed by atoms with Gasteiger partial charge in [-0.25, -0.2) is 4.79 Å². The van der Waals surface area contributed by atoms with Gasteiger partial charge in [0.15, 0.2) is 0 Å². The fourth-order valence-corrected chi connectivity index (χ4v) is 4.45. The van der Waals surface area contributed by atoms with Gasteiger partial charge in [-0.15, -0.1) is 11.8 Å². The normalized spacial score (nSPS) is 11.1. The number of hydrogen-bond donors (Lipinski definition) is 1. The zero-order valence-corrected chi connectivity index (χ0v) is 21.4. The van der Waals surface area contributed by atoms with Crippen molar-refractivity contribution in [3.8, 4) is 0 Å². The summed E-state index contributed by atoms with van der Waals surface area (Å²) in [5.74, 6) is -0.609. The average Bonchev–Trinajstić information content (AvgIpc) is 3.12. The van der Waals surface area contributed by atoms with Crippen LogP contribution in [0.15, 0.2) is 5.03 Å². The largest absolute Gasteiger partial charge is 0.462 e. The number of hydrogen-bond acceptors (Lipinski definition) is 6. The highest BCUT2D eigenvalue weighted by atomic mass is 32.2. The van der Waals surface area contributed by atoms with E-state index in [9.17, 15) is 9.59 Å². The lowest BCUT2D eigenvalue weighted by atomic mass is 10.0. The monoisotopic (exact) mass is 467 g/mol. The van der Waals surface area contributed by atoms with Gasteiger partial charge in [-0.1, -0.05) is 96.8 Å². The molecule has 2 N–H and O–H groups in total. The molecule has 0 unspecified atom stereocenters. The van der Waals surface area contributed by atoms with Gasteiger partial charge in [-0.2, -0.15) is 9.78 Å². The molecule has 0 fully saturated rings. The summed E-state index contributed by atoms with van der Waals surface area (Å²) in [5.41, 5.74) is 6.23. The maximum atomic E-state index is 12.5. The molecule has 1 aromatic rings. The highest BCUT2D eigenvalue weighted by molar-refractivity contribution is 7.98. The summed E-state index contributed by atoms with van der Waals surface area (Å²) in [6, 6.07) is 0. The second kappa shape index (κ2) is 18.0. The zero-order valence-electron chi connectivity index (χ0n) is 20.6. The zero-order chi connectivity index (χ0) is 23.6. The van der Waals surface area contributed by atoms with Gasteiger partial charge >= 0.3 is 5.97 Å². The molecule has 6 nitrogen and oxygen atoms in total. The van der Waals surface area contributed by atoms with Crippen molar-refractivity contribution >= 4 is 29.5 Å². The SMILES string of the molecule is CCCCCCCCCCCCCCCCCC(=O)n1nc(SC)c(C(=O)OCC)c1N. The molecule has 0 amide bonds. The quantitative estimate of drug-likeness (QED) is 0.131. The Balaban J connectivity index is 2.13. The van der Waals surface area contributed by atoms with Gasteiger partial charge < -0.3 is 10.5 Å². The second-order valence-electron chi connectivity index (χ2n) is 8.50. The van der Waals surface area contributed by atoms with Crippen LogP contribution in [0.3, 0.4) is 0 Å². The maximum Gasteiger partial charge on any atom is 0.344 e. The standard InChI is InChI=1S/C25H45N3O3S/c1-4-6-7-8-9-10-11-12-13-14-15-16-17-18-19-20-21(29)28-23(26)22(24(27-28)32-3)25(30)31-5-2/h4-20,26H2,1-3H3.